The van der Waals surface area contributed by atoms with Gasteiger partial charge < -0.3 is 4.98 Å². The number of aromatic nitrogens is 4. The van der Waals surface area contributed by atoms with Crippen LogP contribution in [-0.4, -0.2) is 19.9 Å². The zero-order chi connectivity index (χ0) is 45.6. The highest BCUT2D eigenvalue weighted by Crippen LogP contribution is 2.47. The van der Waals surface area contributed by atoms with Gasteiger partial charge in [0.2, 0.25) is 5.28 Å². The summed E-state index contributed by atoms with van der Waals surface area (Å²) in [5.41, 5.74) is 13.4. The molecule has 0 aliphatic rings. The molecule has 6 heteroatoms. The van der Waals surface area contributed by atoms with E-state index in [9.17, 15) is 0 Å². The first-order valence-electron chi connectivity index (χ1n) is 23.1. The highest BCUT2D eigenvalue weighted by atomic mass is 35.5. The van der Waals surface area contributed by atoms with Crippen molar-refractivity contribution in [2.75, 3.05) is 0 Å². The van der Waals surface area contributed by atoms with Crippen LogP contribution in [-0.2, 0) is 0 Å². The summed E-state index contributed by atoms with van der Waals surface area (Å²) in [6.45, 7) is 0. The van der Waals surface area contributed by atoms with Crippen LogP contribution < -0.4 is 0 Å². The molecule has 322 valence electrons. The van der Waals surface area contributed by atoms with E-state index in [4.69, 9.17) is 16.6 Å². The normalized spacial score (nSPS) is 11.8. The van der Waals surface area contributed by atoms with Crippen LogP contribution in [0.3, 0.4) is 0 Å². The summed E-state index contributed by atoms with van der Waals surface area (Å²) in [5.74, 6) is 1.07. The Hall–Kier alpha value is -8.48. The predicted molar refractivity (Wildman–Crippen MR) is 292 cm³/mol. The molecule has 0 aliphatic carbocycles. The van der Waals surface area contributed by atoms with Crippen LogP contribution in [0.2, 0.25) is 5.28 Å². The van der Waals surface area contributed by atoms with Crippen LogP contribution >= 0.6 is 22.9 Å². The lowest BCUT2D eigenvalue weighted by molar-refractivity contribution is 1.07. The Morgan fingerprint density at radius 3 is 1.59 bits per heavy atom. The van der Waals surface area contributed by atoms with Crippen molar-refractivity contribution in [2.45, 2.75) is 0 Å². The van der Waals surface area contributed by atoms with Crippen molar-refractivity contribution in [1.29, 1.82) is 0 Å². The highest BCUT2D eigenvalue weighted by molar-refractivity contribution is 7.26. The lowest BCUT2D eigenvalue weighted by Gasteiger charge is -2.10. The van der Waals surface area contributed by atoms with E-state index in [1.54, 1.807) is 0 Å². The maximum Gasteiger partial charge on any atom is 0.226 e. The van der Waals surface area contributed by atoms with Gasteiger partial charge in [-0.25, -0.2) is 4.98 Å². The van der Waals surface area contributed by atoms with Crippen molar-refractivity contribution in [2.24, 2.45) is 0 Å². The van der Waals surface area contributed by atoms with E-state index in [-0.39, 0.29) is 5.28 Å². The number of nitrogens with zero attached hydrogens (tertiary/aromatic N) is 3. The van der Waals surface area contributed by atoms with Crippen LogP contribution in [0.5, 0.6) is 0 Å². The second-order valence-electron chi connectivity index (χ2n) is 17.7. The van der Waals surface area contributed by atoms with Gasteiger partial charge in [0.1, 0.15) is 0 Å². The maximum absolute atomic E-state index is 6.49. The number of fused-ring (bicyclic) bond motifs is 13. The lowest BCUT2D eigenvalue weighted by Crippen LogP contribution is -1.97. The summed E-state index contributed by atoms with van der Waals surface area (Å²) in [6, 6.07) is 78.3. The van der Waals surface area contributed by atoms with Crippen LogP contribution in [0.4, 0.5) is 0 Å². The zero-order valence-electron chi connectivity index (χ0n) is 36.9. The van der Waals surface area contributed by atoms with Crippen LogP contribution in [0, 0.1) is 0 Å². The summed E-state index contributed by atoms with van der Waals surface area (Å²) < 4.78 is 2.59. The van der Waals surface area contributed by atoms with Crippen molar-refractivity contribution in [3.05, 3.63) is 224 Å². The van der Waals surface area contributed by atoms with Gasteiger partial charge in [-0.05, 0) is 90.1 Å². The molecular weight excluding hydrogens is 880 g/mol. The molecule has 0 radical (unpaired) electrons. The number of halogens is 1. The molecule has 0 spiro atoms. The second-order valence-corrected chi connectivity index (χ2v) is 19.1. The van der Waals surface area contributed by atoms with Crippen LogP contribution in [0.15, 0.2) is 218 Å². The molecule has 0 bridgehead atoms. The average molecular weight is 918 g/mol. The largest absolute Gasteiger partial charge is 0.353 e. The molecule has 0 atom stereocenters. The molecule has 0 saturated carbocycles. The van der Waals surface area contributed by atoms with E-state index in [1.807, 2.05) is 41.7 Å². The number of H-pyrrole nitrogens is 1. The van der Waals surface area contributed by atoms with Crippen molar-refractivity contribution in [3.63, 3.8) is 0 Å². The number of aromatic amines is 1. The molecule has 4 nitrogen and oxygen atoms in total. The standard InChI is InChI=1S/C63H37ClN4S/c64-63-67-61(40-27-23-38(24-28-40)37-11-2-1-3-12-37)66-62(68-63)41-29-25-39(26-30-41)42-13-8-14-43(35-42)44-31-33-46-45(36-44)32-34-55-56(46)54-22-10-20-52(60(54)69-55)51-19-9-21-53-57-49-17-6-4-15-47(49)48-16-5-7-18-50(48)59(57)65-58(51)53/h1-36,65H. The Morgan fingerprint density at radius 1 is 0.333 bits per heavy atom. The first-order chi connectivity index (χ1) is 34.1. The Labute approximate surface area is 405 Å². The summed E-state index contributed by atoms with van der Waals surface area (Å²) >= 11 is 8.37. The third-order valence-corrected chi connectivity index (χ3v) is 15.2. The maximum atomic E-state index is 6.49. The minimum Gasteiger partial charge on any atom is -0.353 e. The average Bonchev–Trinajstić information content (AvgIpc) is 4.01. The van der Waals surface area contributed by atoms with Crippen molar-refractivity contribution < 1.29 is 0 Å². The molecule has 3 aromatic heterocycles. The van der Waals surface area contributed by atoms with Gasteiger partial charge >= 0.3 is 0 Å². The molecule has 1 N–H and O–H groups in total. The number of rotatable bonds is 6. The zero-order valence-corrected chi connectivity index (χ0v) is 38.5. The number of hydrogen-bond acceptors (Lipinski definition) is 4. The van der Waals surface area contributed by atoms with E-state index in [0.717, 1.165) is 38.9 Å². The molecule has 0 fully saturated rings. The monoisotopic (exact) mass is 916 g/mol. The van der Waals surface area contributed by atoms with Crippen LogP contribution in [0.1, 0.15) is 0 Å². The Balaban J connectivity index is 0.790. The lowest BCUT2D eigenvalue weighted by atomic mass is 9.94. The number of benzene rings is 11. The summed E-state index contributed by atoms with van der Waals surface area (Å²) in [5, 5.41) is 12.9. The minimum atomic E-state index is 0.161. The topological polar surface area (TPSA) is 54.5 Å². The van der Waals surface area contributed by atoms with E-state index in [2.05, 4.69) is 203 Å². The van der Waals surface area contributed by atoms with Crippen molar-refractivity contribution >= 4 is 97.2 Å². The van der Waals surface area contributed by atoms with Gasteiger partial charge in [-0.3, -0.25) is 0 Å². The van der Waals surface area contributed by atoms with Gasteiger partial charge in [0.15, 0.2) is 11.6 Å². The van der Waals surface area contributed by atoms with Crippen molar-refractivity contribution in [1.82, 2.24) is 19.9 Å². The van der Waals surface area contributed by atoms with E-state index in [0.29, 0.717) is 11.6 Å². The number of hydrogen-bond donors (Lipinski definition) is 1. The smallest absolute Gasteiger partial charge is 0.226 e. The molecule has 0 aliphatic heterocycles. The van der Waals surface area contributed by atoms with Gasteiger partial charge in [0, 0.05) is 58.6 Å². The van der Waals surface area contributed by atoms with E-state index < -0.39 is 0 Å². The van der Waals surface area contributed by atoms with Gasteiger partial charge in [-0.15, -0.1) is 11.3 Å². The fourth-order valence-electron chi connectivity index (χ4n) is 10.6. The molecule has 0 saturated heterocycles. The fraction of sp³-hybridized carbons (Fsp3) is 0. The van der Waals surface area contributed by atoms with Gasteiger partial charge in [0.25, 0.3) is 0 Å². The third kappa shape index (κ3) is 6.54. The van der Waals surface area contributed by atoms with Crippen molar-refractivity contribution in [3.8, 4) is 67.3 Å². The molecule has 0 amide bonds. The molecule has 69 heavy (non-hydrogen) atoms. The SMILES string of the molecule is Clc1nc(-c2ccc(-c3ccccc3)cc2)nc(-c2ccc(-c3cccc(-c4ccc5c(ccc6sc7c(-c8cccc9c8[nH]c8c%10ccccc%10c%10ccccc%10c98)cccc7c65)c4)c3)cc2)n1. The first kappa shape index (κ1) is 39.7. The number of para-hydroxylation sites is 1. The van der Waals surface area contributed by atoms with Crippen LogP contribution in [0.25, 0.3) is 142 Å². The highest BCUT2D eigenvalue weighted by Gasteiger charge is 2.19. The summed E-state index contributed by atoms with van der Waals surface area (Å²) in [7, 11) is 0. The number of thiophene rings is 1. The van der Waals surface area contributed by atoms with Gasteiger partial charge in [0.05, 0.1) is 11.0 Å². The van der Waals surface area contributed by atoms with Gasteiger partial charge in [-0.1, -0.05) is 200 Å². The Bertz CT molecular complexity index is 4360. The quantitative estimate of drug-likeness (QED) is 0.169. The minimum absolute atomic E-state index is 0.161. The van der Waals surface area contributed by atoms with Gasteiger partial charge in [-0.2, -0.15) is 9.97 Å². The molecular formula is C63H37ClN4S. The Kier molecular flexibility index (Phi) is 9.09. The third-order valence-electron chi connectivity index (χ3n) is 13.8. The summed E-state index contributed by atoms with van der Waals surface area (Å²) in [6.07, 6.45) is 0. The number of nitrogens with one attached hydrogen (secondary N) is 1. The molecule has 14 rings (SSSR count). The molecule has 3 heterocycles. The fourth-order valence-corrected chi connectivity index (χ4v) is 12.0. The van der Waals surface area contributed by atoms with E-state index in [1.165, 1.54) is 91.0 Å². The first-order valence-corrected chi connectivity index (χ1v) is 24.3. The summed E-state index contributed by atoms with van der Waals surface area (Å²) in [4.78, 5) is 17.8. The second kappa shape index (κ2) is 15.8. The predicted octanol–water partition coefficient (Wildman–Crippen LogP) is 18.0. The molecule has 14 aromatic rings. The molecule has 0 unspecified atom stereocenters. The Morgan fingerprint density at radius 2 is 0.855 bits per heavy atom. The van der Waals surface area contributed by atoms with E-state index >= 15 is 0 Å². The molecule has 11 aromatic carbocycles.